The van der Waals surface area contributed by atoms with Gasteiger partial charge in [0, 0.05) is 25.5 Å². The Bertz CT molecular complexity index is 1730. The molecule has 1 N–H and O–H groups in total. The molecule has 0 bridgehead atoms. The second kappa shape index (κ2) is 14.2. The lowest BCUT2D eigenvalue weighted by Gasteiger charge is -2.46. The molecular weight excluding hydrogens is 664 g/mol. The minimum Gasteiger partial charge on any atom is -0.463 e. The Morgan fingerprint density at radius 3 is 2.40 bits per heavy atom. The number of aromatic nitrogens is 8. The minimum atomic E-state index is -1.60. The first-order valence-corrected chi connectivity index (χ1v) is 15.7. The molecule has 19 heteroatoms. The molecule has 0 aliphatic carbocycles. The first kappa shape index (κ1) is 33.8. The van der Waals surface area contributed by atoms with E-state index < -0.39 is 76.2 Å². The maximum absolute atomic E-state index is 14.0. The van der Waals surface area contributed by atoms with Crippen molar-refractivity contribution in [1.82, 2.24) is 40.0 Å². The number of esters is 1. The minimum absolute atomic E-state index is 0.0236. The number of nitrogens with zero attached hydrogens (tertiary/aromatic N) is 8. The van der Waals surface area contributed by atoms with Gasteiger partial charge in [0.1, 0.15) is 35.6 Å². The van der Waals surface area contributed by atoms with E-state index in [0.717, 1.165) is 24.5 Å². The van der Waals surface area contributed by atoms with Crippen LogP contribution in [0.1, 0.15) is 25.9 Å². The Morgan fingerprint density at radius 1 is 1.04 bits per heavy atom. The van der Waals surface area contributed by atoms with Crippen LogP contribution >= 0.6 is 11.8 Å². The number of aliphatic hydroxyl groups excluding tert-OH is 1. The first-order chi connectivity index (χ1) is 23.0. The van der Waals surface area contributed by atoms with E-state index in [1.54, 1.807) is 0 Å². The maximum atomic E-state index is 14.0. The molecule has 0 spiro atoms. The average molecular weight is 695 g/mol. The Balaban J connectivity index is 1.25. The van der Waals surface area contributed by atoms with Crippen LogP contribution < -0.4 is 0 Å². The third kappa shape index (κ3) is 6.91. The van der Waals surface area contributed by atoms with Gasteiger partial charge in [0.2, 0.25) is 0 Å². The summed E-state index contributed by atoms with van der Waals surface area (Å²) in [7, 11) is 1.47. The molecule has 0 radical (unpaired) electrons. The van der Waals surface area contributed by atoms with E-state index in [1.165, 1.54) is 47.6 Å². The molecule has 8 atom stereocenters. The van der Waals surface area contributed by atoms with Crippen LogP contribution in [0.3, 0.4) is 0 Å². The molecule has 256 valence electrons. The number of rotatable bonds is 9. The number of aliphatic hydroxyl groups is 1. The van der Waals surface area contributed by atoms with Crippen molar-refractivity contribution < 1.29 is 46.4 Å². The molecule has 8 unspecified atom stereocenters. The Hall–Kier alpha value is -4.04. The van der Waals surface area contributed by atoms with Crippen LogP contribution in [0.4, 0.5) is 17.6 Å². The molecule has 48 heavy (non-hydrogen) atoms. The summed E-state index contributed by atoms with van der Waals surface area (Å²) in [4.78, 5) is 19.5. The van der Waals surface area contributed by atoms with Crippen LogP contribution in [-0.4, -0.2) is 107 Å². The topological polar surface area (TPSA) is 161 Å². The monoisotopic (exact) mass is 694 g/mol. The van der Waals surface area contributed by atoms with Gasteiger partial charge in [-0.25, -0.2) is 36.9 Å². The predicted molar refractivity (Wildman–Crippen MR) is 158 cm³/mol. The van der Waals surface area contributed by atoms with Crippen LogP contribution in [0.5, 0.6) is 0 Å². The van der Waals surface area contributed by atoms with Crippen molar-refractivity contribution >= 4 is 17.7 Å². The van der Waals surface area contributed by atoms with Gasteiger partial charge in [0.05, 0.1) is 61.5 Å². The Labute approximate surface area is 274 Å². The van der Waals surface area contributed by atoms with Crippen LogP contribution in [0.2, 0.25) is 0 Å². The zero-order valence-electron chi connectivity index (χ0n) is 25.7. The smallest absolute Gasteiger partial charge is 0.302 e. The molecule has 2 aliphatic heterocycles. The van der Waals surface area contributed by atoms with Crippen LogP contribution in [0, 0.1) is 29.2 Å². The largest absolute Gasteiger partial charge is 0.463 e. The van der Waals surface area contributed by atoms with E-state index in [2.05, 4.69) is 30.6 Å². The fraction of sp³-hybridized carbons (Fsp3) is 0.483. The highest BCUT2D eigenvalue weighted by Gasteiger charge is 2.49. The molecule has 2 fully saturated rings. The van der Waals surface area contributed by atoms with E-state index in [9.17, 15) is 27.5 Å². The number of benzene rings is 1. The van der Waals surface area contributed by atoms with Gasteiger partial charge in [-0.2, -0.15) is 0 Å². The Morgan fingerprint density at radius 2 is 1.71 bits per heavy atom. The molecule has 6 rings (SSSR count). The summed E-state index contributed by atoms with van der Waals surface area (Å²) in [6.45, 7) is 3.27. The lowest BCUT2D eigenvalue weighted by molar-refractivity contribution is -0.172. The molecule has 2 aliphatic rings. The third-order valence-corrected chi connectivity index (χ3v) is 9.62. The van der Waals surface area contributed by atoms with Gasteiger partial charge in [-0.1, -0.05) is 17.4 Å². The molecule has 1 aromatic carbocycles. The highest BCUT2D eigenvalue weighted by molar-refractivity contribution is 8.00. The summed E-state index contributed by atoms with van der Waals surface area (Å²) < 4.78 is 81.3. The van der Waals surface area contributed by atoms with E-state index in [4.69, 9.17) is 18.9 Å². The SMILES string of the molecule is COC1C(SC2COCC(n3cc(-c4ncc(F)cn4)nn3)C2O)OC(COC(C)=O)C(C)C1n1cc(-c2cc(F)c(F)c(F)c2)nn1. The number of thioether (sulfide) groups is 1. The fourth-order valence-electron chi connectivity index (χ4n) is 5.71. The van der Waals surface area contributed by atoms with E-state index in [1.807, 2.05) is 6.92 Å². The van der Waals surface area contributed by atoms with Crippen LogP contribution in [0.25, 0.3) is 22.8 Å². The van der Waals surface area contributed by atoms with Gasteiger partial charge in [-0.3, -0.25) is 4.79 Å². The molecular formula is C29H30F4N8O6S. The fourth-order valence-corrected chi connectivity index (χ4v) is 7.21. The number of halogens is 4. The van der Waals surface area contributed by atoms with Crippen LogP contribution in [0.15, 0.2) is 36.9 Å². The average Bonchev–Trinajstić information content (AvgIpc) is 3.75. The quantitative estimate of drug-likeness (QED) is 0.155. The summed E-state index contributed by atoms with van der Waals surface area (Å²) in [5.74, 6) is -5.70. The molecule has 14 nitrogen and oxygen atoms in total. The van der Waals surface area contributed by atoms with E-state index in [0.29, 0.717) is 0 Å². The summed E-state index contributed by atoms with van der Waals surface area (Å²) in [5.41, 5.74) is -0.440. The summed E-state index contributed by atoms with van der Waals surface area (Å²) >= 11 is 1.24. The van der Waals surface area contributed by atoms with Gasteiger partial charge in [0.25, 0.3) is 0 Å². The Kier molecular flexibility index (Phi) is 10.0. The standard InChI is InChI=1S/C29H30F4N8O6S/c1-13-22(11-46-14(2)42)47-29(27(44-3)25(13)41-8-19(36-39-41)15-4-17(31)24(33)18(32)5-15)48-23-12-45-10-21(26(23)43)40-9-20(37-38-40)28-34-6-16(30)7-35-28/h4-9,13,21-23,25-27,29,43H,10-12H2,1-3H3. The number of hydrogen-bond acceptors (Lipinski definition) is 13. The highest BCUT2D eigenvalue weighted by atomic mass is 32.2. The van der Waals surface area contributed by atoms with Gasteiger partial charge < -0.3 is 24.1 Å². The number of methoxy groups -OCH3 is 1. The van der Waals surface area contributed by atoms with Gasteiger partial charge >= 0.3 is 5.97 Å². The van der Waals surface area contributed by atoms with Gasteiger partial charge in [0.15, 0.2) is 29.1 Å². The number of hydrogen-bond donors (Lipinski definition) is 1. The zero-order valence-corrected chi connectivity index (χ0v) is 26.5. The van der Waals surface area contributed by atoms with Crippen molar-refractivity contribution in [2.45, 2.75) is 54.9 Å². The molecule has 2 saturated heterocycles. The van der Waals surface area contributed by atoms with Crippen molar-refractivity contribution in [2.75, 3.05) is 26.9 Å². The van der Waals surface area contributed by atoms with Crippen molar-refractivity contribution in [1.29, 1.82) is 0 Å². The number of ether oxygens (including phenoxy) is 4. The van der Waals surface area contributed by atoms with Crippen molar-refractivity contribution in [2.24, 2.45) is 5.92 Å². The normalized spacial score (nSPS) is 27.6. The zero-order chi connectivity index (χ0) is 34.1. The maximum Gasteiger partial charge on any atom is 0.302 e. The molecule has 5 heterocycles. The lowest BCUT2D eigenvalue weighted by atomic mass is 9.89. The third-order valence-electron chi connectivity index (χ3n) is 8.21. The number of carbonyl (C=O) groups is 1. The number of carbonyl (C=O) groups excluding carboxylic acids is 1. The molecule has 0 saturated carbocycles. The summed E-state index contributed by atoms with van der Waals surface area (Å²) in [6, 6.07) is 0.372. The predicted octanol–water partition coefficient (Wildman–Crippen LogP) is 2.76. The van der Waals surface area contributed by atoms with Crippen molar-refractivity contribution in [3.05, 3.63) is 60.2 Å². The van der Waals surface area contributed by atoms with Crippen LogP contribution in [-0.2, 0) is 23.7 Å². The highest BCUT2D eigenvalue weighted by Crippen LogP contribution is 2.43. The van der Waals surface area contributed by atoms with E-state index in [-0.39, 0.29) is 42.6 Å². The lowest BCUT2D eigenvalue weighted by Crippen LogP contribution is -2.54. The van der Waals surface area contributed by atoms with Gasteiger partial charge in [-0.05, 0) is 12.1 Å². The molecule has 0 amide bonds. The molecule has 4 aromatic rings. The van der Waals surface area contributed by atoms with E-state index >= 15 is 0 Å². The van der Waals surface area contributed by atoms with Crippen molar-refractivity contribution in [3.63, 3.8) is 0 Å². The summed E-state index contributed by atoms with van der Waals surface area (Å²) in [5, 5.41) is 27.4. The second-order valence-corrected chi connectivity index (χ2v) is 12.7. The van der Waals surface area contributed by atoms with Gasteiger partial charge in [-0.15, -0.1) is 22.0 Å². The molecule has 3 aromatic heterocycles. The first-order valence-electron chi connectivity index (χ1n) is 14.7. The van der Waals surface area contributed by atoms with Crippen molar-refractivity contribution in [3.8, 4) is 22.8 Å². The summed E-state index contributed by atoms with van der Waals surface area (Å²) in [6.07, 6.45) is 2.60. The second-order valence-electron chi connectivity index (χ2n) is 11.3.